The van der Waals surface area contributed by atoms with Crippen LogP contribution in [0.25, 0.3) is 0 Å². The van der Waals surface area contributed by atoms with Crippen molar-refractivity contribution in [3.8, 4) is 0 Å². The molecule has 0 saturated heterocycles. The molecule has 0 amide bonds. The molecule has 0 aliphatic rings. The summed E-state index contributed by atoms with van der Waals surface area (Å²) >= 11 is -4.33. The average Bonchev–Trinajstić information content (AvgIpc) is 0.650. The molecule has 0 atom stereocenters. The molecular weight excluding hydrogens is 315 g/mol. The van der Waals surface area contributed by atoms with E-state index in [-0.39, 0.29) is 5.48 Å². The van der Waals surface area contributed by atoms with Gasteiger partial charge in [0.2, 0.25) is 0 Å². The van der Waals surface area contributed by atoms with E-state index in [9.17, 15) is 0 Å². The molecule has 0 aliphatic carbocycles. The van der Waals surface area contributed by atoms with Crippen molar-refractivity contribution < 1.29 is 5.48 Å². The molecular formula is H2Cl5OSb-. The molecule has 7 heteroatoms. The summed E-state index contributed by atoms with van der Waals surface area (Å²) in [5.74, 6) is 0. The van der Waals surface area contributed by atoms with Gasteiger partial charge in [0.05, 0.1) is 0 Å². The molecule has 0 aromatic rings. The van der Waals surface area contributed by atoms with Crippen molar-refractivity contribution in [3.05, 3.63) is 0 Å². The first-order valence-electron chi connectivity index (χ1n) is 0.845. The zero-order valence-corrected chi connectivity index (χ0v) is 9.17. The van der Waals surface area contributed by atoms with Gasteiger partial charge in [-0.3, -0.25) is 0 Å². The summed E-state index contributed by atoms with van der Waals surface area (Å²) in [7, 11) is 25.2. The van der Waals surface area contributed by atoms with E-state index >= 15 is 0 Å². The van der Waals surface area contributed by atoms with E-state index < -0.39 is 11.7 Å². The third-order valence-electron chi connectivity index (χ3n) is 0. The van der Waals surface area contributed by atoms with Crippen LogP contribution in [0.15, 0.2) is 0 Å². The van der Waals surface area contributed by atoms with Gasteiger partial charge >= 0.3 is 55.8 Å². The van der Waals surface area contributed by atoms with Crippen molar-refractivity contribution in [1.29, 1.82) is 0 Å². The zero-order valence-electron chi connectivity index (χ0n) is 2.84. The van der Waals surface area contributed by atoms with Gasteiger partial charge < -0.3 is 5.48 Å². The van der Waals surface area contributed by atoms with Gasteiger partial charge in [-0.05, 0) is 0 Å². The Balaban J connectivity index is 0. The van der Waals surface area contributed by atoms with Gasteiger partial charge in [0.25, 0.3) is 0 Å². The molecule has 0 aromatic heterocycles. The molecule has 0 aliphatic heterocycles. The maximum atomic E-state index is 5.05. The topological polar surface area (TPSA) is 31.5 Å². The monoisotopic (exact) mass is 314 g/mol. The van der Waals surface area contributed by atoms with Gasteiger partial charge in [0, 0.05) is 0 Å². The van der Waals surface area contributed by atoms with Crippen molar-refractivity contribution in [2.45, 2.75) is 0 Å². The van der Waals surface area contributed by atoms with E-state index in [4.69, 9.17) is 44.1 Å². The molecule has 0 spiro atoms. The van der Waals surface area contributed by atoms with Gasteiger partial charge in [-0.15, -0.1) is 0 Å². The van der Waals surface area contributed by atoms with E-state index in [2.05, 4.69) is 0 Å². The van der Waals surface area contributed by atoms with E-state index in [1.165, 1.54) is 0 Å². The molecule has 0 radical (unpaired) electrons. The second-order valence-corrected chi connectivity index (χ2v) is 38.6. The van der Waals surface area contributed by atoms with Crippen molar-refractivity contribution in [1.82, 2.24) is 0 Å². The van der Waals surface area contributed by atoms with Crippen LogP contribution in [0.2, 0.25) is 0 Å². The Labute approximate surface area is 60.6 Å². The van der Waals surface area contributed by atoms with Crippen molar-refractivity contribution in [3.63, 3.8) is 0 Å². The minimum atomic E-state index is -4.33. The fourth-order valence-corrected chi connectivity index (χ4v) is 0. The molecule has 2 N–H and O–H groups in total. The normalized spacial score (nSPS) is 16.4. The molecule has 0 aromatic carbocycles. The molecule has 0 saturated carbocycles. The predicted octanol–water partition coefficient (Wildman–Crippen LogP) is 2.24. The first kappa shape index (κ1) is 12.0. The van der Waals surface area contributed by atoms with Crippen LogP contribution in [-0.2, 0) is 0 Å². The van der Waals surface area contributed by atoms with Crippen LogP contribution in [0.5, 0.6) is 0 Å². The Morgan fingerprint density at radius 3 is 0.714 bits per heavy atom. The second kappa shape index (κ2) is 2.88. The first-order chi connectivity index (χ1) is 2.24. The third-order valence-corrected chi connectivity index (χ3v) is 0. The van der Waals surface area contributed by atoms with Crippen molar-refractivity contribution >= 4 is 55.8 Å². The fraction of sp³-hybridized carbons (Fsp3) is 0. The Morgan fingerprint density at radius 1 is 0.714 bits per heavy atom. The minimum absolute atomic E-state index is 0. The van der Waals surface area contributed by atoms with Crippen LogP contribution in [0.3, 0.4) is 0 Å². The van der Waals surface area contributed by atoms with E-state index in [0.29, 0.717) is 0 Å². The molecule has 0 unspecified atom stereocenters. The van der Waals surface area contributed by atoms with E-state index in [1.807, 2.05) is 0 Å². The molecule has 7 heavy (non-hydrogen) atoms. The van der Waals surface area contributed by atoms with Gasteiger partial charge in [0.15, 0.2) is 0 Å². The summed E-state index contributed by atoms with van der Waals surface area (Å²) in [5, 5.41) is 0. The van der Waals surface area contributed by atoms with Gasteiger partial charge in [-0.1, -0.05) is 0 Å². The summed E-state index contributed by atoms with van der Waals surface area (Å²) in [6, 6.07) is 0. The summed E-state index contributed by atoms with van der Waals surface area (Å²) < 4.78 is 0. The second-order valence-electron chi connectivity index (χ2n) is 0.639. The van der Waals surface area contributed by atoms with Crippen molar-refractivity contribution in [2.75, 3.05) is 0 Å². The van der Waals surface area contributed by atoms with Crippen molar-refractivity contribution in [2.24, 2.45) is 0 Å². The van der Waals surface area contributed by atoms with Crippen LogP contribution in [0.4, 0.5) is 0 Å². The number of rotatable bonds is 0. The summed E-state index contributed by atoms with van der Waals surface area (Å²) in [5.41, 5.74) is 0. The molecule has 0 rings (SSSR count). The summed E-state index contributed by atoms with van der Waals surface area (Å²) in [6.07, 6.45) is 0. The van der Waals surface area contributed by atoms with E-state index in [1.54, 1.807) is 0 Å². The number of hydrogen-bond donors (Lipinski definition) is 0. The fourth-order valence-electron chi connectivity index (χ4n) is 0. The summed E-state index contributed by atoms with van der Waals surface area (Å²) in [4.78, 5) is 0. The Hall–Kier alpha value is 2.23. The molecule has 49 valence electrons. The van der Waals surface area contributed by atoms with E-state index in [0.717, 1.165) is 0 Å². The Kier molecular flexibility index (Phi) is 4.91. The SMILES string of the molecule is O.[Cl][Sb-]([Cl])([Cl])([Cl])[Cl]. The molecule has 1 nitrogen and oxygen atoms in total. The quantitative estimate of drug-likeness (QED) is 0.614. The standard InChI is InChI=1S/5ClH.H2O.Sb/h5*1H;1H2;/q;;;;;;+4/p-5. The van der Waals surface area contributed by atoms with Crippen LogP contribution in [-0.4, -0.2) is 17.2 Å². The summed E-state index contributed by atoms with van der Waals surface area (Å²) in [6.45, 7) is 0. The Bertz CT molecular complexity index is 41.3. The Morgan fingerprint density at radius 2 is 0.714 bits per heavy atom. The van der Waals surface area contributed by atoms with Crippen LogP contribution in [0, 0.1) is 0 Å². The average molecular weight is 317 g/mol. The molecule has 0 bridgehead atoms. The van der Waals surface area contributed by atoms with Gasteiger partial charge in [-0.25, -0.2) is 0 Å². The first-order valence-corrected chi connectivity index (χ1v) is 17.0. The predicted molar refractivity (Wildman–Crippen MR) is 38.6 cm³/mol. The zero-order chi connectivity index (χ0) is 5.45. The number of halogens is 5. The van der Waals surface area contributed by atoms with Gasteiger partial charge in [-0.2, -0.15) is 0 Å². The van der Waals surface area contributed by atoms with Crippen LogP contribution < -0.4 is 0 Å². The number of hydrogen-bond acceptors (Lipinski definition) is 0. The van der Waals surface area contributed by atoms with Crippen LogP contribution in [0.1, 0.15) is 0 Å². The van der Waals surface area contributed by atoms with Crippen LogP contribution >= 0.6 is 44.1 Å². The maximum absolute atomic E-state index is 5.05. The third kappa shape index (κ3) is 64.3. The molecule has 0 heterocycles. The molecule has 0 fully saturated rings. The van der Waals surface area contributed by atoms with Gasteiger partial charge in [0.1, 0.15) is 0 Å².